The van der Waals surface area contributed by atoms with E-state index < -0.39 is 28.2 Å². The molecular weight excluding hydrogens is 275 g/mol. The van der Waals surface area contributed by atoms with Crippen LogP contribution in [0.1, 0.15) is 0 Å². The predicted octanol–water partition coefficient (Wildman–Crippen LogP) is -1.53. The van der Waals surface area contributed by atoms with Crippen LogP contribution in [0.15, 0.2) is 0 Å². The van der Waals surface area contributed by atoms with Gasteiger partial charge in [-0.05, 0) is 0 Å². The topological polar surface area (TPSA) is 113 Å². The Kier molecular flexibility index (Phi) is 6.92. The second-order valence-electron chi connectivity index (χ2n) is 3.29. The Hall–Kier alpha value is 0.210. The maximum atomic E-state index is 10.7. The van der Waals surface area contributed by atoms with E-state index in [4.69, 9.17) is 0 Å². The van der Waals surface area contributed by atoms with Crippen molar-refractivity contribution in [2.24, 2.45) is 0 Å². The van der Waals surface area contributed by atoms with Crippen molar-refractivity contribution in [3.05, 3.63) is 0 Å². The third kappa shape index (κ3) is 12.3. The van der Waals surface area contributed by atoms with Crippen LogP contribution < -0.4 is 9.44 Å². The second kappa shape index (κ2) is 6.83. The van der Waals surface area contributed by atoms with Crippen molar-refractivity contribution in [1.29, 1.82) is 0 Å². The van der Waals surface area contributed by atoms with Crippen molar-refractivity contribution < 1.29 is 21.7 Å². The quantitative estimate of drug-likeness (QED) is 0.470. The maximum absolute atomic E-state index is 10.7. The fraction of sp³-hybridized carbons (Fsp3) is 1.00. The van der Waals surface area contributed by atoms with Crippen molar-refractivity contribution in [1.82, 2.24) is 9.44 Å². The number of hydrogen-bond donors (Lipinski definition) is 3. The van der Waals surface area contributed by atoms with Gasteiger partial charge in [-0.15, -0.1) is 0 Å². The third-order valence-corrected chi connectivity index (χ3v) is 4.41. The Bertz CT molecular complexity index is 355. The summed E-state index contributed by atoms with van der Waals surface area (Å²) in [4.78, 5) is 9.44. The molecule has 0 amide bonds. The summed E-state index contributed by atoms with van der Waals surface area (Å²) >= 11 is 0. The molecule has 3 N–H and O–H groups in total. The summed E-state index contributed by atoms with van der Waals surface area (Å²) in [7, 11) is -7.79. The Morgan fingerprint density at radius 3 is 1.50 bits per heavy atom. The van der Waals surface area contributed by atoms with E-state index in [0.717, 1.165) is 12.5 Å². The van der Waals surface area contributed by atoms with Gasteiger partial charge in [-0.1, -0.05) is 0 Å². The van der Waals surface area contributed by atoms with E-state index in [1.807, 2.05) is 0 Å². The highest BCUT2D eigenvalue weighted by molar-refractivity contribution is 7.89. The van der Waals surface area contributed by atoms with Gasteiger partial charge in [0.15, 0.2) is 0 Å². The summed E-state index contributed by atoms with van der Waals surface area (Å²) in [5.74, 6) is 0. The molecule has 0 unspecified atom stereocenters. The lowest BCUT2D eigenvalue weighted by Gasteiger charge is -2.10. The molecule has 98 valence electrons. The molecule has 0 spiro atoms. The van der Waals surface area contributed by atoms with Crippen LogP contribution in [0, 0.1) is 0 Å². The highest BCUT2D eigenvalue weighted by atomic mass is 32.2. The van der Waals surface area contributed by atoms with Gasteiger partial charge < -0.3 is 4.89 Å². The fourth-order valence-electron chi connectivity index (χ4n) is 0.832. The molecule has 10 heteroatoms. The van der Waals surface area contributed by atoms with Crippen LogP contribution in [-0.2, 0) is 20.0 Å². The van der Waals surface area contributed by atoms with Gasteiger partial charge in [-0.25, -0.2) is 26.3 Å². The van der Waals surface area contributed by atoms with Gasteiger partial charge in [0.25, 0.3) is 0 Å². The van der Waals surface area contributed by atoms with Crippen molar-refractivity contribution in [2.75, 3.05) is 37.9 Å². The standard InChI is InChI=1S/C6H17N2O5PS2/c1-15(10,11)7-3-5-14(9)6-4-8-16(2,12)13/h7-9H,3-6H2,1-2H3. The lowest BCUT2D eigenvalue weighted by atomic mass is 10.8. The number of hydrogen-bond acceptors (Lipinski definition) is 5. The Balaban J connectivity index is 3.64. The molecule has 0 saturated carbocycles. The first kappa shape index (κ1) is 16.2. The molecule has 0 aromatic rings. The second-order valence-corrected chi connectivity index (χ2v) is 8.86. The molecule has 0 aliphatic rings. The first-order valence-corrected chi connectivity index (χ1v) is 9.88. The predicted molar refractivity (Wildman–Crippen MR) is 64.6 cm³/mol. The summed E-state index contributed by atoms with van der Waals surface area (Å²) in [6.45, 7) is 0.333. The van der Waals surface area contributed by atoms with Gasteiger partial charge >= 0.3 is 0 Å². The lowest BCUT2D eigenvalue weighted by molar-refractivity contribution is 0.588. The molecule has 0 aromatic heterocycles. The SMILES string of the molecule is CS(=O)(=O)NCCP(O)CCNS(C)(=O)=O. The van der Waals surface area contributed by atoms with Crippen molar-refractivity contribution in [2.45, 2.75) is 0 Å². The fourth-order valence-corrected chi connectivity index (χ4v) is 3.04. The molecule has 0 aliphatic heterocycles. The molecule has 0 aromatic carbocycles. The van der Waals surface area contributed by atoms with Crippen LogP contribution in [0.3, 0.4) is 0 Å². The normalized spacial score (nSPS) is 13.2. The highest BCUT2D eigenvalue weighted by Crippen LogP contribution is 2.27. The molecule has 0 fully saturated rings. The Labute approximate surface area is 97.6 Å². The zero-order chi connectivity index (χ0) is 12.8. The largest absolute Gasteiger partial charge is 0.374 e. The number of nitrogens with one attached hydrogen (secondary N) is 2. The zero-order valence-corrected chi connectivity index (χ0v) is 11.7. The lowest BCUT2D eigenvalue weighted by Crippen LogP contribution is -2.27. The molecule has 0 bridgehead atoms. The van der Waals surface area contributed by atoms with Crippen LogP contribution in [-0.4, -0.2) is 59.7 Å². The average Bonchev–Trinajstić information content (AvgIpc) is 1.98. The molecule has 0 aliphatic carbocycles. The third-order valence-electron chi connectivity index (χ3n) is 1.47. The maximum Gasteiger partial charge on any atom is 0.208 e. The monoisotopic (exact) mass is 292 g/mol. The van der Waals surface area contributed by atoms with Crippen LogP contribution >= 0.6 is 8.15 Å². The first-order chi connectivity index (χ1) is 7.10. The first-order valence-electron chi connectivity index (χ1n) is 4.43. The Morgan fingerprint density at radius 1 is 0.938 bits per heavy atom. The van der Waals surface area contributed by atoms with Gasteiger partial charge in [0.05, 0.1) is 12.5 Å². The van der Waals surface area contributed by atoms with Crippen LogP contribution in [0.5, 0.6) is 0 Å². The van der Waals surface area contributed by atoms with E-state index in [2.05, 4.69) is 9.44 Å². The van der Waals surface area contributed by atoms with Gasteiger partial charge in [-0.3, -0.25) is 0 Å². The van der Waals surface area contributed by atoms with Crippen LogP contribution in [0.25, 0.3) is 0 Å². The number of sulfonamides is 2. The molecule has 0 radical (unpaired) electrons. The van der Waals surface area contributed by atoms with Gasteiger partial charge in [-0.2, -0.15) is 0 Å². The number of rotatable bonds is 8. The van der Waals surface area contributed by atoms with E-state index in [1.165, 1.54) is 0 Å². The molecule has 16 heavy (non-hydrogen) atoms. The summed E-state index contributed by atoms with van der Waals surface area (Å²) < 4.78 is 47.2. The van der Waals surface area contributed by atoms with Crippen molar-refractivity contribution >= 4 is 28.2 Å². The van der Waals surface area contributed by atoms with E-state index >= 15 is 0 Å². The summed E-state index contributed by atoms with van der Waals surface area (Å²) in [5, 5.41) is 0. The van der Waals surface area contributed by atoms with E-state index in [0.29, 0.717) is 12.3 Å². The minimum Gasteiger partial charge on any atom is -0.374 e. The zero-order valence-electron chi connectivity index (χ0n) is 9.17. The Morgan fingerprint density at radius 2 is 1.25 bits per heavy atom. The van der Waals surface area contributed by atoms with Gasteiger partial charge in [0, 0.05) is 33.6 Å². The van der Waals surface area contributed by atoms with Crippen LogP contribution in [0.4, 0.5) is 0 Å². The van der Waals surface area contributed by atoms with Crippen molar-refractivity contribution in [3.8, 4) is 0 Å². The van der Waals surface area contributed by atoms with Gasteiger partial charge in [0.1, 0.15) is 0 Å². The molecule has 0 saturated heterocycles. The molecule has 7 nitrogen and oxygen atoms in total. The summed E-state index contributed by atoms with van der Waals surface area (Å²) in [6, 6.07) is 0. The highest BCUT2D eigenvalue weighted by Gasteiger charge is 2.07. The summed E-state index contributed by atoms with van der Waals surface area (Å²) in [5.41, 5.74) is 0. The van der Waals surface area contributed by atoms with Crippen molar-refractivity contribution in [3.63, 3.8) is 0 Å². The summed E-state index contributed by atoms with van der Waals surface area (Å²) in [6.07, 6.45) is 2.71. The minimum absolute atomic E-state index is 0.167. The molecule has 0 rings (SSSR count). The van der Waals surface area contributed by atoms with Crippen LogP contribution in [0.2, 0.25) is 0 Å². The van der Waals surface area contributed by atoms with E-state index in [1.54, 1.807) is 0 Å². The molecular formula is C6H17N2O5PS2. The van der Waals surface area contributed by atoms with Gasteiger partial charge in [0.2, 0.25) is 20.0 Å². The van der Waals surface area contributed by atoms with E-state index in [-0.39, 0.29) is 13.1 Å². The minimum atomic E-state index is -3.23. The molecule has 0 heterocycles. The van der Waals surface area contributed by atoms with E-state index in [9.17, 15) is 21.7 Å². The smallest absolute Gasteiger partial charge is 0.208 e. The average molecular weight is 292 g/mol. The molecule has 0 atom stereocenters.